The maximum Gasteiger partial charge on any atom is 0.240 e. The number of benzene rings is 2. The van der Waals surface area contributed by atoms with Gasteiger partial charge in [0.2, 0.25) is 15.9 Å². The third-order valence-electron chi connectivity index (χ3n) is 4.71. The van der Waals surface area contributed by atoms with Gasteiger partial charge in [-0.2, -0.15) is 0 Å². The van der Waals surface area contributed by atoms with Crippen LogP contribution in [-0.2, 0) is 21.2 Å². The van der Waals surface area contributed by atoms with Gasteiger partial charge in [-0.3, -0.25) is 9.10 Å². The number of amides is 1. The van der Waals surface area contributed by atoms with Crippen molar-refractivity contribution in [3.63, 3.8) is 0 Å². The Morgan fingerprint density at radius 2 is 1.83 bits per heavy atom. The molecule has 1 N–H and O–H groups in total. The van der Waals surface area contributed by atoms with Crippen LogP contribution in [0.3, 0.4) is 0 Å². The average Bonchev–Trinajstić information content (AvgIpc) is 2.69. The predicted molar refractivity (Wildman–Crippen MR) is 122 cm³/mol. The van der Waals surface area contributed by atoms with Crippen molar-refractivity contribution in [1.82, 2.24) is 5.32 Å². The molecule has 0 aliphatic rings. The molecule has 0 unspecified atom stereocenters. The molecule has 0 saturated heterocycles. The van der Waals surface area contributed by atoms with E-state index in [1.54, 1.807) is 24.3 Å². The van der Waals surface area contributed by atoms with E-state index in [-0.39, 0.29) is 12.5 Å². The zero-order valence-corrected chi connectivity index (χ0v) is 19.0. The number of nitrogens with zero attached hydrogens (tertiary/aromatic N) is 1. The first-order chi connectivity index (χ1) is 14.2. The summed E-state index contributed by atoms with van der Waals surface area (Å²) >= 11 is 0. The normalized spacial score (nSPS) is 11.4. The van der Waals surface area contributed by atoms with Crippen molar-refractivity contribution >= 4 is 21.6 Å². The van der Waals surface area contributed by atoms with E-state index >= 15 is 0 Å². The number of sulfonamides is 1. The Morgan fingerprint density at radius 3 is 2.43 bits per heavy atom. The SMILES string of the molecule is CCOc1cccc(N(CC(=O)NCCCc2ccc(C(C)C)cc2)S(C)(=O)=O)c1. The maximum absolute atomic E-state index is 12.4. The summed E-state index contributed by atoms with van der Waals surface area (Å²) in [4.78, 5) is 12.4. The maximum atomic E-state index is 12.4. The number of rotatable bonds is 11. The van der Waals surface area contributed by atoms with Crippen LogP contribution < -0.4 is 14.4 Å². The van der Waals surface area contributed by atoms with Crippen molar-refractivity contribution < 1.29 is 17.9 Å². The highest BCUT2D eigenvalue weighted by molar-refractivity contribution is 7.92. The van der Waals surface area contributed by atoms with Gasteiger partial charge in [0.25, 0.3) is 0 Å². The molecule has 7 heteroatoms. The highest BCUT2D eigenvalue weighted by Gasteiger charge is 2.21. The predicted octanol–water partition coefficient (Wildman–Crippen LogP) is 3.72. The molecule has 0 bridgehead atoms. The van der Waals surface area contributed by atoms with Crippen LogP contribution >= 0.6 is 0 Å². The summed E-state index contributed by atoms with van der Waals surface area (Å²) in [5.41, 5.74) is 2.93. The van der Waals surface area contributed by atoms with E-state index < -0.39 is 10.0 Å². The molecular formula is C23H32N2O4S. The van der Waals surface area contributed by atoms with Gasteiger partial charge in [-0.1, -0.05) is 44.2 Å². The van der Waals surface area contributed by atoms with Gasteiger partial charge in [-0.15, -0.1) is 0 Å². The third kappa shape index (κ3) is 7.37. The molecule has 1 amide bonds. The molecular weight excluding hydrogens is 400 g/mol. The van der Waals surface area contributed by atoms with E-state index in [9.17, 15) is 13.2 Å². The zero-order valence-electron chi connectivity index (χ0n) is 18.2. The van der Waals surface area contributed by atoms with Gasteiger partial charge < -0.3 is 10.1 Å². The molecule has 0 spiro atoms. The molecule has 0 aliphatic heterocycles. The smallest absolute Gasteiger partial charge is 0.240 e. The number of hydrogen-bond donors (Lipinski definition) is 1. The van der Waals surface area contributed by atoms with Gasteiger partial charge >= 0.3 is 0 Å². The topological polar surface area (TPSA) is 75.7 Å². The van der Waals surface area contributed by atoms with E-state index in [2.05, 4.69) is 43.4 Å². The van der Waals surface area contributed by atoms with Crippen LogP contribution in [0.2, 0.25) is 0 Å². The summed E-state index contributed by atoms with van der Waals surface area (Å²) in [5.74, 6) is 0.732. The van der Waals surface area contributed by atoms with Gasteiger partial charge in [-0.25, -0.2) is 8.42 Å². The fraction of sp³-hybridized carbons (Fsp3) is 0.435. The number of carbonyl (C=O) groups excluding carboxylic acids is 1. The fourth-order valence-electron chi connectivity index (χ4n) is 3.07. The van der Waals surface area contributed by atoms with Crippen LogP contribution in [-0.4, -0.2) is 40.3 Å². The first kappa shape index (κ1) is 23.7. The summed E-state index contributed by atoms with van der Waals surface area (Å²) in [6.07, 6.45) is 2.73. The monoisotopic (exact) mass is 432 g/mol. The number of nitrogens with one attached hydrogen (secondary N) is 1. The van der Waals surface area contributed by atoms with Crippen molar-refractivity contribution in [1.29, 1.82) is 0 Å². The van der Waals surface area contributed by atoms with Gasteiger partial charge in [0.05, 0.1) is 18.6 Å². The summed E-state index contributed by atoms with van der Waals surface area (Å²) in [5, 5.41) is 2.82. The van der Waals surface area contributed by atoms with Crippen LogP contribution in [0.15, 0.2) is 48.5 Å². The minimum absolute atomic E-state index is 0.266. The number of hydrogen-bond acceptors (Lipinski definition) is 4. The van der Waals surface area contributed by atoms with Gasteiger partial charge in [-0.05, 0) is 48.9 Å². The number of anilines is 1. The largest absolute Gasteiger partial charge is 0.494 e. The number of carbonyl (C=O) groups is 1. The lowest BCUT2D eigenvalue weighted by molar-refractivity contribution is -0.119. The van der Waals surface area contributed by atoms with Crippen molar-refractivity contribution in [3.05, 3.63) is 59.7 Å². The Labute approximate surface area is 180 Å². The second-order valence-electron chi connectivity index (χ2n) is 7.55. The summed E-state index contributed by atoms with van der Waals surface area (Å²) in [7, 11) is -3.61. The van der Waals surface area contributed by atoms with E-state index in [4.69, 9.17) is 4.74 Å². The van der Waals surface area contributed by atoms with Crippen LogP contribution in [0.25, 0.3) is 0 Å². The molecule has 2 rings (SSSR count). The Hall–Kier alpha value is -2.54. The minimum Gasteiger partial charge on any atom is -0.494 e. The quantitative estimate of drug-likeness (QED) is 0.549. The van der Waals surface area contributed by atoms with Crippen molar-refractivity contribution in [2.45, 2.75) is 39.5 Å². The second kappa shape index (κ2) is 11.0. The van der Waals surface area contributed by atoms with Crippen molar-refractivity contribution in [2.24, 2.45) is 0 Å². The zero-order chi connectivity index (χ0) is 22.1. The standard InChI is InChI=1S/C23H32N2O4S/c1-5-29-22-10-6-9-21(16-22)25(30(4,27)28)17-23(26)24-15-7-8-19-11-13-20(14-12-19)18(2)3/h6,9-14,16,18H,5,7-8,15,17H2,1-4H3,(H,24,26). The Balaban J connectivity index is 1.89. The molecule has 164 valence electrons. The molecule has 2 aromatic rings. The van der Waals surface area contributed by atoms with Crippen LogP contribution in [0.5, 0.6) is 5.75 Å². The lowest BCUT2D eigenvalue weighted by Crippen LogP contribution is -2.40. The fourth-order valence-corrected chi connectivity index (χ4v) is 3.92. The molecule has 30 heavy (non-hydrogen) atoms. The van der Waals surface area contributed by atoms with E-state index in [1.165, 1.54) is 11.1 Å². The first-order valence-electron chi connectivity index (χ1n) is 10.3. The van der Waals surface area contributed by atoms with Crippen LogP contribution in [0.4, 0.5) is 5.69 Å². The summed E-state index contributed by atoms with van der Waals surface area (Å²) in [6, 6.07) is 15.2. The van der Waals surface area contributed by atoms with Crippen LogP contribution in [0, 0.1) is 0 Å². The highest BCUT2D eigenvalue weighted by Crippen LogP contribution is 2.23. The highest BCUT2D eigenvalue weighted by atomic mass is 32.2. The number of ether oxygens (including phenoxy) is 1. The molecule has 0 atom stereocenters. The van der Waals surface area contributed by atoms with Gasteiger partial charge in [0, 0.05) is 12.6 Å². The van der Waals surface area contributed by atoms with E-state index in [1.807, 2.05) is 6.92 Å². The molecule has 6 nitrogen and oxygen atoms in total. The van der Waals surface area contributed by atoms with E-state index in [0.29, 0.717) is 30.5 Å². The first-order valence-corrected chi connectivity index (χ1v) is 12.1. The summed E-state index contributed by atoms with van der Waals surface area (Å²) in [6.45, 7) is 6.88. The molecule has 0 aliphatic carbocycles. The minimum atomic E-state index is -3.61. The third-order valence-corrected chi connectivity index (χ3v) is 5.86. The second-order valence-corrected chi connectivity index (χ2v) is 9.46. The number of aryl methyl sites for hydroxylation is 1. The molecule has 0 fully saturated rings. The van der Waals surface area contributed by atoms with Crippen molar-refractivity contribution in [2.75, 3.05) is 30.3 Å². The Morgan fingerprint density at radius 1 is 1.13 bits per heavy atom. The van der Waals surface area contributed by atoms with Gasteiger partial charge in [0.15, 0.2) is 0 Å². The molecule has 0 radical (unpaired) electrons. The molecule has 0 heterocycles. The van der Waals surface area contributed by atoms with E-state index in [0.717, 1.165) is 23.4 Å². The Bertz CT molecular complexity index is 924. The lowest BCUT2D eigenvalue weighted by Gasteiger charge is -2.22. The van der Waals surface area contributed by atoms with Crippen LogP contribution in [0.1, 0.15) is 44.2 Å². The lowest BCUT2D eigenvalue weighted by atomic mass is 10.0. The molecule has 0 aromatic heterocycles. The average molecular weight is 433 g/mol. The van der Waals surface area contributed by atoms with Gasteiger partial charge in [0.1, 0.15) is 12.3 Å². The Kier molecular flexibility index (Phi) is 8.72. The van der Waals surface area contributed by atoms with Crippen molar-refractivity contribution in [3.8, 4) is 5.75 Å². The molecule has 0 saturated carbocycles. The summed E-state index contributed by atoms with van der Waals surface area (Å²) < 4.78 is 31.0. The molecule has 2 aromatic carbocycles.